The first-order chi connectivity index (χ1) is 5.27. The van der Waals surface area contributed by atoms with Gasteiger partial charge in [-0.25, -0.2) is 4.98 Å². The largest absolute Gasteiger partial charge is 0.399 e. The lowest BCUT2D eigenvalue weighted by atomic mass is 10.3. The van der Waals surface area contributed by atoms with Crippen LogP contribution in [0, 0.1) is 0 Å². The Balaban J connectivity index is 2.86. The zero-order valence-corrected chi connectivity index (χ0v) is 7.25. The van der Waals surface area contributed by atoms with Crippen LogP contribution in [0.15, 0.2) is 24.5 Å². The fraction of sp³-hybridized carbons (Fsp3) is 0. The van der Waals surface area contributed by atoms with Gasteiger partial charge in [0.25, 0.3) is 0 Å². The van der Waals surface area contributed by atoms with Crippen LogP contribution in [0.4, 0.5) is 5.69 Å². The van der Waals surface area contributed by atoms with Crippen molar-refractivity contribution >= 4 is 32.9 Å². The summed E-state index contributed by atoms with van der Waals surface area (Å²) in [5, 5.41) is 0. The van der Waals surface area contributed by atoms with Crippen molar-refractivity contribution in [3.05, 3.63) is 24.5 Å². The van der Waals surface area contributed by atoms with Gasteiger partial charge in [-0.1, -0.05) is 0 Å². The second-order valence-electron chi connectivity index (χ2n) is 2.30. The average molecular weight is 212 g/mol. The van der Waals surface area contributed by atoms with Crippen LogP contribution in [0.1, 0.15) is 0 Å². The summed E-state index contributed by atoms with van der Waals surface area (Å²) < 4.78 is 1.78. The van der Waals surface area contributed by atoms with E-state index in [-0.39, 0.29) is 0 Å². The monoisotopic (exact) mass is 211 g/mol. The maximum absolute atomic E-state index is 5.57. The van der Waals surface area contributed by atoms with Crippen molar-refractivity contribution in [1.82, 2.24) is 8.58 Å². The summed E-state index contributed by atoms with van der Waals surface area (Å²) in [6.45, 7) is 0. The van der Waals surface area contributed by atoms with E-state index < -0.39 is 0 Å². The Morgan fingerprint density at radius 3 is 3.09 bits per heavy atom. The van der Waals surface area contributed by atoms with Crippen LogP contribution in [0.3, 0.4) is 0 Å². The minimum atomic E-state index is 0.740. The van der Waals surface area contributed by atoms with Crippen LogP contribution >= 0.6 is 16.1 Å². The molecule has 11 heavy (non-hydrogen) atoms. The third-order valence-electron chi connectivity index (χ3n) is 1.53. The molecule has 0 radical (unpaired) electrons. The van der Waals surface area contributed by atoms with E-state index >= 15 is 0 Å². The molecule has 0 atom stereocenters. The lowest BCUT2D eigenvalue weighted by Crippen LogP contribution is -1.83. The minimum absolute atomic E-state index is 0.740. The minimum Gasteiger partial charge on any atom is -0.399 e. The van der Waals surface area contributed by atoms with Crippen molar-refractivity contribution in [1.29, 1.82) is 0 Å². The molecule has 0 saturated heterocycles. The van der Waals surface area contributed by atoms with Crippen molar-refractivity contribution < 1.29 is 0 Å². The fourth-order valence-electron chi connectivity index (χ4n) is 1.000. The van der Waals surface area contributed by atoms with Crippen molar-refractivity contribution in [3.63, 3.8) is 0 Å². The first-order valence-electron chi connectivity index (χ1n) is 3.16. The van der Waals surface area contributed by atoms with Crippen LogP contribution in [0.5, 0.6) is 0 Å². The quantitative estimate of drug-likeness (QED) is 0.676. The van der Waals surface area contributed by atoms with Gasteiger partial charge >= 0.3 is 0 Å². The van der Waals surface area contributed by atoms with E-state index in [4.69, 9.17) is 5.73 Å². The third-order valence-corrected chi connectivity index (χ3v) is 2.09. The highest BCUT2D eigenvalue weighted by Crippen LogP contribution is 2.16. The Morgan fingerprint density at radius 2 is 2.27 bits per heavy atom. The van der Waals surface area contributed by atoms with E-state index in [0.29, 0.717) is 0 Å². The number of hydrogen-bond acceptors (Lipinski definition) is 2. The zero-order valence-electron chi connectivity index (χ0n) is 5.66. The molecule has 0 aliphatic carbocycles. The number of nitrogens with two attached hydrogens (primary N) is 1. The molecule has 56 valence electrons. The Hall–Kier alpha value is -1.03. The SMILES string of the molecule is Nc1ccc2c(c1)ncn2Br. The van der Waals surface area contributed by atoms with Crippen LogP contribution in [0.25, 0.3) is 11.0 Å². The topological polar surface area (TPSA) is 43.8 Å². The molecule has 0 aliphatic heterocycles. The highest BCUT2D eigenvalue weighted by molar-refractivity contribution is 9.08. The number of nitrogens with zero attached hydrogens (tertiary/aromatic N) is 2. The fourth-order valence-corrected chi connectivity index (χ4v) is 1.39. The molecule has 1 heterocycles. The first kappa shape index (κ1) is 6.67. The molecule has 0 fully saturated rings. The molecule has 2 aromatic rings. The van der Waals surface area contributed by atoms with Crippen molar-refractivity contribution in [2.24, 2.45) is 0 Å². The van der Waals surface area contributed by atoms with Gasteiger partial charge in [0, 0.05) is 5.69 Å². The molecule has 0 unspecified atom stereocenters. The molecule has 4 heteroatoms. The van der Waals surface area contributed by atoms with E-state index in [2.05, 4.69) is 21.1 Å². The molecule has 1 aromatic carbocycles. The number of fused-ring (bicyclic) bond motifs is 1. The van der Waals surface area contributed by atoms with Gasteiger partial charge in [-0.3, -0.25) is 3.59 Å². The van der Waals surface area contributed by atoms with Crippen LogP contribution in [-0.4, -0.2) is 8.58 Å². The lowest BCUT2D eigenvalue weighted by Gasteiger charge is -1.92. The number of hydrogen-bond donors (Lipinski definition) is 1. The van der Waals surface area contributed by atoms with Gasteiger partial charge in [-0.15, -0.1) is 0 Å². The molecule has 0 aliphatic rings. The second-order valence-corrected chi connectivity index (χ2v) is 3.07. The van der Waals surface area contributed by atoms with E-state index in [1.165, 1.54) is 0 Å². The molecule has 0 saturated carbocycles. The summed E-state index contributed by atoms with van der Waals surface area (Å²) in [5.41, 5.74) is 8.24. The predicted octanol–water partition coefficient (Wildman–Crippen LogP) is 1.78. The van der Waals surface area contributed by atoms with Gasteiger partial charge in [0.05, 0.1) is 27.2 Å². The number of benzene rings is 1. The highest BCUT2D eigenvalue weighted by Gasteiger charge is 1.98. The number of rotatable bonds is 0. The zero-order chi connectivity index (χ0) is 7.84. The number of anilines is 1. The normalized spacial score (nSPS) is 10.6. The summed E-state index contributed by atoms with van der Waals surface area (Å²) in [7, 11) is 0. The lowest BCUT2D eigenvalue weighted by molar-refractivity contribution is 1.29. The molecule has 0 bridgehead atoms. The predicted molar refractivity (Wildman–Crippen MR) is 48.5 cm³/mol. The van der Waals surface area contributed by atoms with Gasteiger partial charge in [0.2, 0.25) is 0 Å². The Bertz CT molecular complexity index is 393. The van der Waals surface area contributed by atoms with Crippen LogP contribution in [0.2, 0.25) is 0 Å². The standard InChI is InChI=1S/C7H6BrN3/c8-11-4-10-6-3-5(9)1-2-7(6)11/h1-4H,9H2. The van der Waals surface area contributed by atoms with E-state index in [1.807, 2.05) is 18.2 Å². The van der Waals surface area contributed by atoms with Gasteiger partial charge in [-0.05, 0) is 18.2 Å². The molecule has 0 amide bonds. The number of imidazole rings is 1. The van der Waals surface area contributed by atoms with E-state index in [9.17, 15) is 0 Å². The number of halogens is 1. The van der Waals surface area contributed by atoms with Gasteiger partial charge in [0.15, 0.2) is 0 Å². The van der Waals surface area contributed by atoms with Crippen LogP contribution in [-0.2, 0) is 0 Å². The van der Waals surface area contributed by atoms with Crippen molar-refractivity contribution in [2.75, 3.05) is 5.73 Å². The highest BCUT2D eigenvalue weighted by atomic mass is 79.9. The summed E-state index contributed by atoms with van der Waals surface area (Å²) in [4.78, 5) is 4.12. The van der Waals surface area contributed by atoms with Crippen molar-refractivity contribution in [3.8, 4) is 0 Å². The molecule has 0 spiro atoms. The van der Waals surface area contributed by atoms with E-state index in [1.54, 1.807) is 9.92 Å². The number of aromatic nitrogens is 2. The Kier molecular flexibility index (Phi) is 1.35. The first-order valence-corrected chi connectivity index (χ1v) is 3.87. The van der Waals surface area contributed by atoms with E-state index in [0.717, 1.165) is 16.7 Å². The molecule has 3 nitrogen and oxygen atoms in total. The third kappa shape index (κ3) is 0.991. The molecule has 2 rings (SSSR count). The maximum Gasteiger partial charge on any atom is 0.106 e. The summed E-state index contributed by atoms with van der Waals surface area (Å²) >= 11 is 3.30. The van der Waals surface area contributed by atoms with Gasteiger partial charge in [0.1, 0.15) is 6.33 Å². The summed E-state index contributed by atoms with van der Waals surface area (Å²) in [5.74, 6) is 0. The Morgan fingerprint density at radius 1 is 1.45 bits per heavy atom. The summed E-state index contributed by atoms with van der Waals surface area (Å²) in [6.07, 6.45) is 1.70. The molecular weight excluding hydrogens is 206 g/mol. The smallest absolute Gasteiger partial charge is 0.106 e. The van der Waals surface area contributed by atoms with Crippen molar-refractivity contribution in [2.45, 2.75) is 0 Å². The van der Waals surface area contributed by atoms with Crippen LogP contribution < -0.4 is 5.73 Å². The van der Waals surface area contributed by atoms with Gasteiger partial charge < -0.3 is 5.73 Å². The average Bonchev–Trinajstić information content (AvgIpc) is 2.32. The molecule has 1 aromatic heterocycles. The Labute approximate surface area is 72.2 Å². The molecular formula is C7H6BrN3. The van der Waals surface area contributed by atoms with Gasteiger partial charge in [-0.2, -0.15) is 0 Å². The number of nitrogen functional groups attached to an aromatic ring is 1. The summed E-state index contributed by atoms with van der Waals surface area (Å²) in [6, 6.07) is 5.61. The maximum atomic E-state index is 5.57. The second kappa shape index (κ2) is 2.23. The molecule has 2 N–H and O–H groups in total.